The number of carbonyl (C=O) groups is 3. The van der Waals surface area contributed by atoms with Crippen LogP contribution in [-0.2, 0) is 26.3 Å². The van der Waals surface area contributed by atoms with Gasteiger partial charge in [-0.3, -0.25) is 4.79 Å². The number of ether oxygens (including phenoxy) is 1. The topological polar surface area (TPSA) is 139 Å². The number of aliphatic carboxylic acids is 2. The Morgan fingerprint density at radius 1 is 1.03 bits per heavy atom. The van der Waals surface area contributed by atoms with Crippen molar-refractivity contribution in [1.29, 1.82) is 0 Å². The molecule has 2 aromatic carbocycles. The van der Waals surface area contributed by atoms with E-state index in [-0.39, 0.29) is 12.5 Å². The number of carboxylic acid groups (broad SMARTS) is 2. The summed E-state index contributed by atoms with van der Waals surface area (Å²) in [5.41, 5.74) is 7.05. The van der Waals surface area contributed by atoms with Gasteiger partial charge in [0.1, 0.15) is 5.75 Å². The summed E-state index contributed by atoms with van der Waals surface area (Å²) in [5.74, 6) is -1.93. The van der Waals surface area contributed by atoms with Crippen LogP contribution in [0.2, 0.25) is 0 Å². The average Bonchev–Trinajstić information content (AvgIpc) is 2.73. The van der Waals surface area contributed by atoms with E-state index in [1.807, 2.05) is 61.5 Å². The van der Waals surface area contributed by atoms with E-state index in [1.165, 1.54) is 0 Å². The summed E-state index contributed by atoms with van der Waals surface area (Å²) in [4.78, 5) is 31.0. The van der Waals surface area contributed by atoms with E-state index in [2.05, 4.69) is 5.32 Å². The molecule has 1 amide bonds. The molecule has 0 spiro atoms. The van der Waals surface area contributed by atoms with E-state index >= 15 is 0 Å². The normalized spacial score (nSPS) is 12.2. The number of carboxylic acids is 2. The number of benzene rings is 2. The molecular weight excluding hydrogens is 388 g/mol. The second-order valence-corrected chi connectivity index (χ2v) is 6.49. The summed E-state index contributed by atoms with van der Waals surface area (Å²) in [6.07, 6.45) is 1.79. The summed E-state index contributed by atoms with van der Waals surface area (Å²) in [7, 11) is 1.63. The van der Waals surface area contributed by atoms with Crippen LogP contribution in [0, 0.1) is 0 Å². The summed E-state index contributed by atoms with van der Waals surface area (Å²) in [6.45, 7) is 1.97. The molecule has 0 aromatic heterocycles. The summed E-state index contributed by atoms with van der Waals surface area (Å²) < 4.78 is 5.29. The van der Waals surface area contributed by atoms with Gasteiger partial charge in [0.05, 0.1) is 19.2 Å². The lowest BCUT2D eigenvalue weighted by atomic mass is 9.85. The Balaban J connectivity index is 0.000000479. The number of amides is 1. The van der Waals surface area contributed by atoms with Gasteiger partial charge in [-0.1, -0.05) is 42.5 Å². The summed E-state index contributed by atoms with van der Waals surface area (Å²) in [5, 5.41) is 18.7. The molecule has 5 N–H and O–H groups in total. The number of rotatable bonds is 8. The number of methoxy groups -OCH3 is 1. The highest BCUT2D eigenvalue weighted by molar-refractivity contribution is 5.89. The maximum absolute atomic E-state index is 11.9. The van der Waals surface area contributed by atoms with Crippen molar-refractivity contribution in [3.05, 3.63) is 77.9 Å². The largest absolute Gasteiger partial charge is 0.497 e. The van der Waals surface area contributed by atoms with E-state index in [1.54, 1.807) is 7.11 Å². The molecule has 0 aliphatic rings. The van der Waals surface area contributed by atoms with Gasteiger partial charge in [-0.05, 0) is 36.6 Å². The van der Waals surface area contributed by atoms with Crippen LogP contribution in [0.1, 0.15) is 18.1 Å². The quantitative estimate of drug-likeness (QED) is 0.484. The molecule has 2 aromatic rings. The Bertz CT molecular complexity index is 866. The summed E-state index contributed by atoms with van der Waals surface area (Å²) in [6, 6.07) is 17.8. The fraction of sp³-hybridized carbons (Fsp3) is 0.227. The fourth-order valence-electron chi connectivity index (χ4n) is 2.69. The van der Waals surface area contributed by atoms with Crippen molar-refractivity contribution in [1.82, 2.24) is 5.32 Å². The van der Waals surface area contributed by atoms with Crippen LogP contribution in [0.25, 0.3) is 0 Å². The molecule has 2 rings (SSSR count). The van der Waals surface area contributed by atoms with Crippen LogP contribution in [0.3, 0.4) is 0 Å². The first-order chi connectivity index (χ1) is 14.2. The summed E-state index contributed by atoms with van der Waals surface area (Å²) >= 11 is 0. The third kappa shape index (κ3) is 8.57. The molecule has 8 nitrogen and oxygen atoms in total. The second kappa shape index (κ2) is 12.0. The van der Waals surface area contributed by atoms with Crippen LogP contribution >= 0.6 is 0 Å². The van der Waals surface area contributed by atoms with Crippen molar-refractivity contribution in [3.63, 3.8) is 0 Å². The van der Waals surface area contributed by atoms with Crippen LogP contribution in [0.5, 0.6) is 5.75 Å². The molecular formula is C22H26N2O6. The van der Waals surface area contributed by atoms with Crippen LogP contribution < -0.4 is 15.8 Å². The van der Waals surface area contributed by atoms with Crippen LogP contribution in [-0.4, -0.2) is 41.7 Å². The Morgan fingerprint density at radius 2 is 1.63 bits per heavy atom. The minimum atomic E-state index is -1.26. The number of hydrogen-bond donors (Lipinski definition) is 4. The molecule has 0 bridgehead atoms. The zero-order valence-electron chi connectivity index (χ0n) is 16.9. The number of nitrogens with two attached hydrogens (primary N) is 1. The van der Waals surface area contributed by atoms with Gasteiger partial charge in [-0.2, -0.15) is 0 Å². The predicted molar refractivity (Wildman–Crippen MR) is 112 cm³/mol. The monoisotopic (exact) mass is 414 g/mol. The Morgan fingerprint density at radius 3 is 2.13 bits per heavy atom. The minimum absolute atomic E-state index is 0.0334. The molecule has 0 fully saturated rings. The zero-order valence-corrected chi connectivity index (χ0v) is 16.9. The van der Waals surface area contributed by atoms with Gasteiger partial charge < -0.3 is 26.0 Å². The van der Waals surface area contributed by atoms with Gasteiger partial charge >= 0.3 is 11.9 Å². The third-order valence-electron chi connectivity index (χ3n) is 4.08. The smallest absolute Gasteiger partial charge is 0.328 e. The first-order valence-corrected chi connectivity index (χ1v) is 9.03. The predicted octanol–water partition coefficient (Wildman–Crippen LogP) is 1.94. The van der Waals surface area contributed by atoms with E-state index in [0.717, 1.165) is 16.9 Å². The molecule has 0 heterocycles. The molecule has 160 valence electrons. The van der Waals surface area contributed by atoms with Gasteiger partial charge in [0, 0.05) is 12.2 Å². The minimum Gasteiger partial charge on any atom is -0.497 e. The van der Waals surface area contributed by atoms with Gasteiger partial charge in [0.2, 0.25) is 5.91 Å². The number of hydrogen-bond acceptors (Lipinski definition) is 5. The maximum atomic E-state index is 11.9. The molecule has 0 radical (unpaired) electrons. The van der Waals surface area contributed by atoms with Gasteiger partial charge in [-0.25, -0.2) is 9.59 Å². The Kier molecular flexibility index (Phi) is 9.78. The van der Waals surface area contributed by atoms with Crippen molar-refractivity contribution in [2.24, 2.45) is 5.73 Å². The van der Waals surface area contributed by atoms with Gasteiger partial charge in [-0.15, -0.1) is 0 Å². The Hall–Kier alpha value is -3.65. The molecule has 1 atom stereocenters. The zero-order chi connectivity index (χ0) is 22.6. The van der Waals surface area contributed by atoms with E-state index in [0.29, 0.717) is 18.6 Å². The molecule has 30 heavy (non-hydrogen) atoms. The first-order valence-electron chi connectivity index (χ1n) is 9.03. The van der Waals surface area contributed by atoms with E-state index in [4.69, 9.17) is 20.7 Å². The van der Waals surface area contributed by atoms with Crippen molar-refractivity contribution in [3.8, 4) is 5.75 Å². The first kappa shape index (κ1) is 24.4. The second-order valence-electron chi connectivity index (χ2n) is 6.49. The molecule has 1 unspecified atom stereocenters. The van der Waals surface area contributed by atoms with Gasteiger partial charge in [0.25, 0.3) is 0 Å². The lowest BCUT2D eigenvalue weighted by Crippen LogP contribution is -2.47. The average molecular weight is 414 g/mol. The third-order valence-corrected chi connectivity index (χ3v) is 4.08. The maximum Gasteiger partial charge on any atom is 0.328 e. The van der Waals surface area contributed by atoms with Crippen molar-refractivity contribution in [2.45, 2.75) is 18.9 Å². The molecule has 0 aliphatic heterocycles. The van der Waals surface area contributed by atoms with Crippen molar-refractivity contribution < 1.29 is 29.3 Å². The lowest BCUT2D eigenvalue weighted by molar-refractivity contribution is -0.134. The van der Waals surface area contributed by atoms with E-state index < -0.39 is 17.5 Å². The molecule has 0 saturated carbocycles. The van der Waals surface area contributed by atoms with Crippen LogP contribution in [0.4, 0.5) is 0 Å². The Labute approximate surface area is 175 Å². The molecule has 8 heteroatoms. The highest BCUT2D eigenvalue weighted by Crippen LogP contribution is 2.28. The lowest BCUT2D eigenvalue weighted by Gasteiger charge is -2.32. The van der Waals surface area contributed by atoms with Crippen LogP contribution in [0.15, 0.2) is 66.7 Å². The van der Waals surface area contributed by atoms with E-state index in [9.17, 15) is 14.4 Å². The van der Waals surface area contributed by atoms with Gasteiger partial charge in [0.15, 0.2) is 0 Å². The standard InChI is InChI=1S/C18H22N2O2.C4H4O4/c1-18(20-17(21)13-19,12-14-7-4-3-5-8-14)15-9-6-10-16(11-15)22-2;5-3(6)1-2-4(7)8/h3-11H,12-13,19H2,1-2H3,(H,20,21);1-2H,(H,5,6)(H,7,8)/b;2-1-. The SMILES string of the molecule is COc1cccc(C(C)(Cc2ccccc2)NC(=O)CN)c1.O=C(O)/C=C\C(=O)O. The van der Waals surface area contributed by atoms with Crippen molar-refractivity contribution >= 4 is 17.8 Å². The highest BCUT2D eigenvalue weighted by atomic mass is 16.5. The fourth-order valence-corrected chi connectivity index (χ4v) is 2.69. The number of carbonyl (C=O) groups excluding carboxylic acids is 1. The molecule has 0 saturated heterocycles. The van der Waals surface area contributed by atoms with Crippen molar-refractivity contribution in [2.75, 3.05) is 13.7 Å². The number of nitrogens with one attached hydrogen (secondary N) is 1. The highest BCUT2D eigenvalue weighted by Gasteiger charge is 2.29. The molecule has 0 aliphatic carbocycles.